The Balaban J connectivity index is 1.54. The van der Waals surface area contributed by atoms with E-state index in [4.69, 9.17) is 18.9 Å². The van der Waals surface area contributed by atoms with Crippen molar-refractivity contribution in [2.45, 2.75) is 12.6 Å². The third kappa shape index (κ3) is 6.19. The molecule has 2 aromatic rings. The fourth-order valence-corrected chi connectivity index (χ4v) is 2.43. The molecule has 0 amide bonds. The van der Waals surface area contributed by atoms with Crippen molar-refractivity contribution in [2.24, 2.45) is 0 Å². The average molecular weight is 380 g/mol. The Morgan fingerprint density at radius 1 is 0.714 bits per heavy atom. The van der Waals surface area contributed by atoms with Crippen LogP contribution in [0.3, 0.4) is 0 Å². The number of carbonyl (C=O) groups is 2. The molecule has 0 saturated carbocycles. The van der Waals surface area contributed by atoms with Gasteiger partial charge in [-0.25, -0.2) is 9.59 Å². The number of hydrogen-bond acceptors (Lipinski definition) is 6. The van der Waals surface area contributed by atoms with E-state index in [1.807, 2.05) is 60.7 Å². The molecule has 0 aliphatic carbocycles. The third-order valence-corrected chi connectivity index (χ3v) is 3.76. The van der Waals surface area contributed by atoms with Crippen molar-refractivity contribution >= 4 is 24.1 Å². The Hall–Kier alpha value is -3.22. The molecule has 0 N–H and O–H groups in total. The summed E-state index contributed by atoms with van der Waals surface area (Å²) in [4.78, 5) is 24.1. The molecule has 1 aliphatic rings. The maximum atomic E-state index is 12.0. The Labute approximate surface area is 163 Å². The molecule has 1 fully saturated rings. The molecule has 28 heavy (non-hydrogen) atoms. The van der Waals surface area contributed by atoms with E-state index in [1.54, 1.807) is 12.2 Å². The highest BCUT2D eigenvalue weighted by Gasteiger charge is 2.32. The lowest BCUT2D eigenvalue weighted by Gasteiger charge is -2.29. The minimum atomic E-state index is -1.13. The van der Waals surface area contributed by atoms with Crippen LogP contribution >= 0.6 is 0 Å². The SMILES string of the molecule is O=C(/C=C/c1ccccc1)O[C@H]1OCCO[C@H]1OC(=O)/C=C/c1ccccc1. The highest BCUT2D eigenvalue weighted by Crippen LogP contribution is 2.15. The summed E-state index contributed by atoms with van der Waals surface area (Å²) in [7, 11) is 0. The van der Waals surface area contributed by atoms with Crippen molar-refractivity contribution < 1.29 is 28.5 Å². The van der Waals surface area contributed by atoms with Crippen molar-refractivity contribution in [2.75, 3.05) is 13.2 Å². The van der Waals surface area contributed by atoms with E-state index in [-0.39, 0.29) is 13.2 Å². The van der Waals surface area contributed by atoms with Crippen LogP contribution in [-0.4, -0.2) is 37.7 Å². The maximum Gasteiger partial charge on any atom is 0.333 e. The summed E-state index contributed by atoms with van der Waals surface area (Å²) in [6.07, 6.45) is 3.54. The topological polar surface area (TPSA) is 71.1 Å². The van der Waals surface area contributed by atoms with Crippen molar-refractivity contribution in [3.63, 3.8) is 0 Å². The van der Waals surface area contributed by atoms with E-state index < -0.39 is 24.5 Å². The lowest BCUT2D eigenvalue weighted by Crippen LogP contribution is -2.43. The van der Waals surface area contributed by atoms with Gasteiger partial charge in [0.2, 0.25) is 0 Å². The molecule has 2 atom stereocenters. The van der Waals surface area contributed by atoms with Gasteiger partial charge in [-0.15, -0.1) is 0 Å². The minimum absolute atomic E-state index is 0.230. The fraction of sp³-hybridized carbons (Fsp3) is 0.182. The number of esters is 2. The highest BCUT2D eigenvalue weighted by molar-refractivity contribution is 5.88. The van der Waals surface area contributed by atoms with Gasteiger partial charge in [-0.2, -0.15) is 0 Å². The largest absolute Gasteiger partial charge is 0.426 e. The second-order valence-corrected chi connectivity index (χ2v) is 5.84. The van der Waals surface area contributed by atoms with Gasteiger partial charge in [0.25, 0.3) is 12.6 Å². The number of hydrogen-bond donors (Lipinski definition) is 0. The maximum absolute atomic E-state index is 12.0. The van der Waals surface area contributed by atoms with Gasteiger partial charge in [-0.1, -0.05) is 60.7 Å². The van der Waals surface area contributed by atoms with E-state index in [2.05, 4.69) is 0 Å². The minimum Gasteiger partial charge on any atom is -0.426 e. The third-order valence-electron chi connectivity index (χ3n) is 3.76. The van der Waals surface area contributed by atoms with E-state index in [0.29, 0.717) is 0 Å². The van der Waals surface area contributed by atoms with Crippen LogP contribution in [0.25, 0.3) is 12.2 Å². The van der Waals surface area contributed by atoms with Crippen LogP contribution in [0.1, 0.15) is 11.1 Å². The number of benzene rings is 2. The molecule has 6 nitrogen and oxygen atoms in total. The van der Waals surface area contributed by atoms with Gasteiger partial charge < -0.3 is 18.9 Å². The summed E-state index contributed by atoms with van der Waals surface area (Å²) in [6, 6.07) is 18.6. The second kappa shape index (κ2) is 10.2. The lowest BCUT2D eigenvalue weighted by molar-refractivity contribution is -0.299. The van der Waals surface area contributed by atoms with Gasteiger partial charge in [0.15, 0.2) is 0 Å². The van der Waals surface area contributed by atoms with Gasteiger partial charge in [0.1, 0.15) is 0 Å². The Morgan fingerprint density at radius 3 is 1.50 bits per heavy atom. The predicted molar refractivity (Wildman–Crippen MR) is 103 cm³/mol. The monoisotopic (exact) mass is 380 g/mol. The van der Waals surface area contributed by atoms with Gasteiger partial charge in [0.05, 0.1) is 13.2 Å². The standard InChI is InChI=1S/C22H20O6/c23-19(13-11-17-7-3-1-4-8-17)27-21-22(26-16-15-25-21)28-20(24)14-12-18-9-5-2-6-10-18/h1-14,21-22H,15-16H2/b13-11+,14-12+/t21-,22+. The molecule has 0 aromatic heterocycles. The van der Waals surface area contributed by atoms with Gasteiger partial charge in [-0.3, -0.25) is 0 Å². The summed E-state index contributed by atoms with van der Waals surface area (Å²) in [5.74, 6) is -1.25. The highest BCUT2D eigenvalue weighted by atomic mass is 16.8. The molecule has 0 radical (unpaired) electrons. The molecule has 1 aliphatic heterocycles. The predicted octanol–water partition coefficient (Wildman–Crippen LogP) is 3.20. The molecule has 6 heteroatoms. The molecule has 144 valence electrons. The molecule has 2 aromatic carbocycles. The molecule has 0 unspecified atom stereocenters. The molecular formula is C22H20O6. The van der Waals surface area contributed by atoms with E-state index in [9.17, 15) is 9.59 Å². The van der Waals surface area contributed by atoms with Crippen LogP contribution in [0.5, 0.6) is 0 Å². The van der Waals surface area contributed by atoms with Crippen molar-refractivity contribution in [1.29, 1.82) is 0 Å². The summed E-state index contributed by atoms with van der Waals surface area (Å²) in [5.41, 5.74) is 1.71. The van der Waals surface area contributed by atoms with Crippen LogP contribution in [0, 0.1) is 0 Å². The Bertz CT molecular complexity index is 757. The van der Waals surface area contributed by atoms with Crippen molar-refractivity contribution in [1.82, 2.24) is 0 Å². The fourth-order valence-electron chi connectivity index (χ4n) is 2.43. The zero-order valence-corrected chi connectivity index (χ0v) is 15.1. The lowest BCUT2D eigenvalue weighted by atomic mass is 10.2. The van der Waals surface area contributed by atoms with E-state index in [1.165, 1.54) is 12.2 Å². The summed E-state index contributed by atoms with van der Waals surface area (Å²) in [5, 5.41) is 0. The van der Waals surface area contributed by atoms with Crippen LogP contribution < -0.4 is 0 Å². The zero-order chi connectivity index (χ0) is 19.6. The van der Waals surface area contributed by atoms with Gasteiger partial charge in [-0.05, 0) is 23.3 Å². The molecular weight excluding hydrogens is 360 g/mol. The Morgan fingerprint density at radius 2 is 1.11 bits per heavy atom. The molecule has 1 heterocycles. The van der Waals surface area contributed by atoms with Gasteiger partial charge in [0, 0.05) is 12.2 Å². The molecule has 0 spiro atoms. The van der Waals surface area contributed by atoms with E-state index in [0.717, 1.165) is 11.1 Å². The van der Waals surface area contributed by atoms with Crippen LogP contribution in [0.15, 0.2) is 72.8 Å². The smallest absolute Gasteiger partial charge is 0.333 e. The number of ether oxygens (including phenoxy) is 4. The first-order valence-corrected chi connectivity index (χ1v) is 8.81. The van der Waals surface area contributed by atoms with Crippen molar-refractivity contribution in [3.05, 3.63) is 83.9 Å². The first-order chi connectivity index (χ1) is 13.7. The summed E-state index contributed by atoms with van der Waals surface area (Å²) in [6.45, 7) is 0.461. The van der Waals surface area contributed by atoms with Crippen LogP contribution in [0.4, 0.5) is 0 Å². The molecule has 0 bridgehead atoms. The molecule has 1 saturated heterocycles. The first-order valence-electron chi connectivity index (χ1n) is 8.81. The van der Waals surface area contributed by atoms with Crippen LogP contribution in [-0.2, 0) is 28.5 Å². The summed E-state index contributed by atoms with van der Waals surface area (Å²) < 4.78 is 21.2. The van der Waals surface area contributed by atoms with Crippen LogP contribution in [0.2, 0.25) is 0 Å². The normalized spacial score (nSPS) is 19.6. The van der Waals surface area contributed by atoms with E-state index >= 15 is 0 Å². The number of rotatable bonds is 6. The quantitative estimate of drug-likeness (QED) is 0.566. The first kappa shape index (κ1) is 19.5. The van der Waals surface area contributed by atoms with Crippen molar-refractivity contribution in [3.8, 4) is 0 Å². The van der Waals surface area contributed by atoms with Gasteiger partial charge >= 0.3 is 11.9 Å². The molecule has 3 rings (SSSR count). The number of carbonyl (C=O) groups excluding carboxylic acids is 2. The Kier molecular flexibility index (Phi) is 7.12. The average Bonchev–Trinajstić information content (AvgIpc) is 2.74. The zero-order valence-electron chi connectivity index (χ0n) is 15.1. The summed E-state index contributed by atoms with van der Waals surface area (Å²) >= 11 is 0. The second-order valence-electron chi connectivity index (χ2n) is 5.84.